The summed E-state index contributed by atoms with van der Waals surface area (Å²) in [6.07, 6.45) is 46.7. The molecule has 1 N–H and O–H groups in total. The number of carbonyl (C=O) groups excluding carboxylic acids is 1. The van der Waals surface area contributed by atoms with Crippen LogP contribution < -0.4 is 0 Å². The Morgan fingerprint density at radius 2 is 0.912 bits per heavy atom. The first-order valence-electron chi connectivity index (χ1n) is 24.4. The number of rotatable bonds is 46. The molecule has 0 aromatic rings. The molecular formula is C48H97NO7P+. The molecule has 0 amide bonds. The highest BCUT2D eigenvalue weighted by molar-refractivity contribution is 7.47. The number of ether oxygens (including phenoxy) is 2. The van der Waals surface area contributed by atoms with Gasteiger partial charge in [-0.2, -0.15) is 0 Å². The van der Waals surface area contributed by atoms with Gasteiger partial charge in [-0.05, 0) is 38.5 Å². The van der Waals surface area contributed by atoms with Crippen molar-refractivity contribution in [3.8, 4) is 0 Å². The van der Waals surface area contributed by atoms with E-state index in [1.807, 2.05) is 21.1 Å². The van der Waals surface area contributed by atoms with E-state index < -0.39 is 13.9 Å². The minimum Gasteiger partial charge on any atom is -0.457 e. The summed E-state index contributed by atoms with van der Waals surface area (Å²) >= 11 is 0. The fourth-order valence-corrected chi connectivity index (χ4v) is 7.76. The number of phosphoric ester groups is 1. The number of unbranched alkanes of at least 4 members (excludes halogenated alkanes) is 30. The third kappa shape index (κ3) is 46.2. The summed E-state index contributed by atoms with van der Waals surface area (Å²) < 4.78 is 35.1. The highest BCUT2D eigenvalue weighted by atomic mass is 31.2. The van der Waals surface area contributed by atoms with Crippen LogP contribution in [0.4, 0.5) is 0 Å². The molecular weight excluding hydrogens is 734 g/mol. The Hall–Kier alpha value is -0.760. The topological polar surface area (TPSA) is 91.3 Å². The first-order chi connectivity index (χ1) is 27.6. The molecule has 0 aromatic carbocycles. The molecule has 0 bridgehead atoms. The lowest BCUT2D eigenvalue weighted by Gasteiger charge is -2.24. The Kier molecular flexibility index (Phi) is 41.4. The normalized spacial score (nSPS) is 13.7. The summed E-state index contributed by atoms with van der Waals surface area (Å²) in [4.78, 5) is 23.0. The lowest BCUT2D eigenvalue weighted by Crippen LogP contribution is -2.37. The Bertz CT molecular complexity index is 925. The van der Waals surface area contributed by atoms with Gasteiger partial charge in [0.15, 0.2) is 0 Å². The molecule has 0 fully saturated rings. The second-order valence-electron chi connectivity index (χ2n) is 17.9. The molecule has 0 spiro atoms. The van der Waals surface area contributed by atoms with Crippen molar-refractivity contribution in [2.45, 2.75) is 238 Å². The number of carbonyl (C=O) groups is 1. The highest BCUT2D eigenvalue weighted by Gasteiger charge is 2.26. The predicted octanol–water partition coefficient (Wildman–Crippen LogP) is 14.6. The van der Waals surface area contributed by atoms with Gasteiger partial charge in [0.1, 0.15) is 19.3 Å². The number of quaternary nitrogens is 1. The molecule has 2 atom stereocenters. The number of phosphoric acid groups is 1. The molecule has 0 aliphatic carbocycles. The van der Waals surface area contributed by atoms with Gasteiger partial charge < -0.3 is 18.9 Å². The van der Waals surface area contributed by atoms with Gasteiger partial charge in [-0.15, -0.1) is 0 Å². The van der Waals surface area contributed by atoms with E-state index in [-0.39, 0.29) is 25.8 Å². The van der Waals surface area contributed by atoms with Crippen molar-refractivity contribution in [3.05, 3.63) is 12.2 Å². The highest BCUT2D eigenvalue weighted by Crippen LogP contribution is 2.43. The van der Waals surface area contributed by atoms with Crippen LogP contribution in [0.2, 0.25) is 0 Å². The summed E-state index contributed by atoms with van der Waals surface area (Å²) in [5.41, 5.74) is 0. The van der Waals surface area contributed by atoms with Crippen LogP contribution in [0.1, 0.15) is 232 Å². The van der Waals surface area contributed by atoms with Gasteiger partial charge in [-0.3, -0.25) is 13.8 Å². The Balaban J connectivity index is 4.14. The quantitative estimate of drug-likeness (QED) is 0.0215. The van der Waals surface area contributed by atoms with Crippen molar-refractivity contribution in [3.63, 3.8) is 0 Å². The van der Waals surface area contributed by atoms with E-state index >= 15 is 0 Å². The van der Waals surface area contributed by atoms with Crippen molar-refractivity contribution >= 4 is 13.8 Å². The monoisotopic (exact) mass is 831 g/mol. The third-order valence-electron chi connectivity index (χ3n) is 10.8. The second kappa shape index (κ2) is 42.0. The van der Waals surface area contributed by atoms with Gasteiger partial charge in [0.25, 0.3) is 0 Å². The van der Waals surface area contributed by atoms with Crippen LogP contribution in [-0.4, -0.2) is 75.6 Å². The van der Waals surface area contributed by atoms with Gasteiger partial charge in [0, 0.05) is 13.0 Å². The molecule has 2 unspecified atom stereocenters. The summed E-state index contributed by atoms with van der Waals surface area (Å²) in [5, 5.41) is 0. The average molecular weight is 831 g/mol. The molecule has 0 radical (unpaired) electrons. The zero-order valence-electron chi connectivity index (χ0n) is 38.6. The maximum atomic E-state index is 12.7. The lowest BCUT2D eigenvalue weighted by atomic mass is 10.0. The van der Waals surface area contributed by atoms with E-state index in [9.17, 15) is 14.3 Å². The lowest BCUT2D eigenvalue weighted by molar-refractivity contribution is -0.870. The van der Waals surface area contributed by atoms with Crippen LogP contribution in [0.5, 0.6) is 0 Å². The molecule has 9 heteroatoms. The van der Waals surface area contributed by atoms with Crippen LogP contribution in [0.25, 0.3) is 0 Å². The van der Waals surface area contributed by atoms with E-state index in [1.165, 1.54) is 180 Å². The smallest absolute Gasteiger partial charge is 0.457 e. The number of esters is 1. The maximum Gasteiger partial charge on any atom is 0.472 e. The molecule has 0 saturated heterocycles. The van der Waals surface area contributed by atoms with Gasteiger partial charge in [0.2, 0.25) is 0 Å². The van der Waals surface area contributed by atoms with Gasteiger partial charge in [-0.25, -0.2) is 4.57 Å². The van der Waals surface area contributed by atoms with E-state index in [0.29, 0.717) is 24.1 Å². The van der Waals surface area contributed by atoms with Crippen LogP contribution in [0.15, 0.2) is 12.2 Å². The average Bonchev–Trinajstić information content (AvgIpc) is 3.16. The summed E-state index contributed by atoms with van der Waals surface area (Å²) in [6, 6.07) is 0. The SMILES string of the molecule is CCCCCCCC/C=C\CCCCCCCCOCC(COP(=O)(O)OCC[N+](C)(C)C)OC(=O)CCCCCCCCCCCCCCCCCCCCC. The molecule has 0 aliphatic rings. The van der Waals surface area contributed by atoms with Crippen molar-refractivity contribution in [1.82, 2.24) is 0 Å². The summed E-state index contributed by atoms with van der Waals surface area (Å²) in [6.45, 7) is 5.66. The summed E-state index contributed by atoms with van der Waals surface area (Å²) in [5.74, 6) is -0.310. The Morgan fingerprint density at radius 3 is 1.33 bits per heavy atom. The number of allylic oxidation sites excluding steroid dienone is 2. The number of likely N-dealkylation sites (N-methyl/N-ethyl adjacent to an activating group) is 1. The van der Waals surface area contributed by atoms with E-state index in [2.05, 4.69) is 26.0 Å². The fraction of sp³-hybridized carbons (Fsp3) is 0.938. The van der Waals surface area contributed by atoms with E-state index in [0.717, 1.165) is 32.1 Å². The van der Waals surface area contributed by atoms with Crippen molar-refractivity contribution in [1.29, 1.82) is 0 Å². The minimum absolute atomic E-state index is 0.0909. The molecule has 57 heavy (non-hydrogen) atoms. The van der Waals surface area contributed by atoms with Crippen molar-refractivity contribution < 1.29 is 37.3 Å². The maximum absolute atomic E-state index is 12.7. The first-order valence-corrected chi connectivity index (χ1v) is 25.9. The molecule has 0 saturated carbocycles. The van der Waals surface area contributed by atoms with Gasteiger partial charge in [-0.1, -0.05) is 199 Å². The fourth-order valence-electron chi connectivity index (χ4n) is 7.02. The third-order valence-corrected chi connectivity index (χ3v) is 11.8. The Labute approximate surface area is 354 Å². The minimum atomic E-state index is -4.27. The van der Waals surface area contributed by atoms with Crippen LogP contribution >= 0.6 is 7.82 Å². The number of hydrogen-bond donors (Lipinski definition) is 1. The van der Waals surface area contributed by atoms with Crippen molar-refractivity contribution in [2.24, 2.45) is 0 Å². The molecule has 0 aliphatic heterocycles. The summed E-state index contributed by atoms with van der Waals surface area (Å²) in [7, 11) is 1.68. The second-order valence-corrected chi connectivity index (χ2v) is 19.3. The van der Waals surface area contributed by atoms with Crippen LogP contribution in [-0.2, 0) is 27.9 Å². The standard InChI is InChI=1S/C48H96NO7P/c1-6-8-10-12-14-16-18-20-22-24-25-26-27-29-31-33-35-37-39-41-48(50)56-47(46-55-57(51,52)54-44-42-49(3,4)5)45-53-43-40-38-36-34-32-30-28-23-21-19-17-15-13-11-9-7-2/h21,23,47H,6-20,22,24-46H2,1-5H3/p+1/b23-21-. The molecule has 340 valence electrons. The largest absolute Gasteiger partial charge is 0.472 e. The molecule has 8 nitrogen and oxygen atoms in total. The zero-order valence-corrected chi connectivity index (χ0v) is 39.5. The first kappa shape index (κ1) is 56.2. The Morgan fingerprint density at radius 1 is 0.526 bits per heavy atom. The molecule has 0 aromatic heterocycles. The molecule has 0 rings (SSSR count). The van der Waals surface area contributed by atoms with E-state index in [1.54, 1.807) is 0 Å². The zero-order chi connectivity index (χ0) is 42.0. The molecule has 0 heterocycles. The predicted molar refractivity (Wildman–Crippen MR) is 243 cm³/mol. The van der Waals surface area contributed by atoms with Gasteiger partial charge >= 0.3 is 13.8 Å². The van der Waals surface area contributed by atoms with E-state index in [4.69, 9.17) is 18.5 Å². The van der Waals surface area contributed by atoms with Crippen LogP contribution in [0.3, 0.4) is 0 Å². The van der Waals surface area contributed by atoms with Crippen molar-refractivity contribution in [2.75, 3.05) is 54.1 Å². The van der Waals surface area contributed by atoms with Gasteiger partial charge in [0.05, 0.1) is 34.4 Å². The number of hydrogen-bond acceptors (Lipinski definition) is 6. The van der Waals surface area contributed by atoms with Crippen LogP contribution in [0, 0.1) is 0 Å². The number of nitrogens with zero attached hydrogens (tertiary/aromatic N) is 1.